The molecule has 1 atom stereocenters. The van der Waals surface area contributed by atoms with Crippen LogP contribution in [0.5, 0.6) is 0 Å². The monoisotopic (exact) mass is 210 g/mol. The summed E-state index contributed by atoms with van der Waals surface area (Å²) in [6, 6.07) is -0.496. The highest BCUT2D eigenvalue weighted by atomic mass is 16.2. The van der Waals surface area contributed by atoms with Crippen molar-refractivity contribution in [3.63, 3.8) is 0 Å². The highest BCUT2D eigenvalue weighted by Crippen LogP contribution is 2.17. The molecule has 1 amide bonds. The van der Waals surface area contributed by atoms with Crippen molar-refractivity contribution in [2.45, 2.75) is 33.4 Å². The normalized spacial score (nSPS) is 13.6. The van der Waals surface area contributed by atoms with E-state index in [1.807, 2.05) is 20.8 Å². The Hall–Kier alpha value is -1.36. The Balaban J connectivity index is 2.43. The van der Waals surface area contributed by atoms with E-state index in [4.69, 9.17) is 5.73 Å². The number of amides is 1. The van der Waals surface area contributed by atoms with Crippen molar-refractivity contribution in [3.05, 3.63) is 18.0 Å². The van der Waals surface area contributed by atoms with E-state index >= 15 is 0 Å². The number of aromatic amines is 1. The molecule has 1 aromatic rings. The fourth-order valence-electron chi connectivity index (χ4n) is 1.07. The first-order chi connectivity index (χ1) is 6.91. The van der Waals surface area contributed by atoms with Crippen LogP contribution >= 0.6 is 0 Å². The number of aromatic nitrogens is 2. The number of carbonyl (C=O) groups is 1. The molecular formula is C10H18N4O. The fourth-order valence-corrected chi connectivity index (χ4v) is 1.07. The molecule has 0 aliphatic rings. The number of nitrogens with zero attached hydrogens (tertiary/aromatic N) is 1. The first kappa shape index (κ1) is 11.7. The molecule has 0 aliphatic carbocycles. The molecule has 5 nitrogen and oxygen atoms in total. The fraction of sp³-hybridized carbons (Fsp3) is 0.600. The van der Waals surface area contributed by atoms with Gasteiger partial charge in [-0.1, -0.05) is 20.8 Å². The van der Waals surface area contributed by atoms with Gasteiger partial charge < -0.3 is 11.1 Å². The number of H-pyrrole nitrogens is 1. The Labute approximate surface area is 89.4 Å². The molecule has 4 N–H and O–H groups in total. The van der Waals surface area contributed by atoms with Crippen molar-refractivity contribution >= 4 is 5.91 Å². The summed E-state index contributed by atoms with van der Waals surface area (Å²) in [5.74, 6) is -0.135. The molecule has 1 rings (SSSR count). The number of hydrogen-bond donors (Lipinski definition) is 3. The molecule has 0 radical (unpaired) electrons. The Bertz CT molecular complexity index is 313. The van der Waals surface area contributed by atoms with Gasteiger partial charge >= 0.3 is 0 Å². The molecule has 0 saturated heterocycles. The predicted molar refractivity (Wildman–Crippen MR) is 57.9 cm³/mol. The third-order valence-electron chi connectivity index (χ3n) is 2.24. The lowest BCUT2D eigenvalue weighted by Gasteiger charge is -2.25. The van der Waals surface area contributed by atoms with Crippen LogP contribution in [0.4, 0.5) is 0 Å². The molecule has 84 valence electrons. The second kappa shape index (κ2) is 4.44. The zero-order valence-corrected chi connectivity index (χ0v) is 9.37. The molecule has 0 fully saturated rings. The average molecular weight is 210 g/mol. The Morgan fingerprint density at radius 1 is 1.67 bits per heavy atom. The summed E-state index contributed by atoms with van der Waals surface area (Å²) in [4.78, 5) is 11.6. The van der Waals surface area contributed by atoms with E-state index in [2.05, 4.69) is 15.5 Å². The van der Waals surface area contributed by atoms with E-state index in [-0.39, 0.29) is 11.3 Å². The van der Waals surface area contributed by atoms with E-state index < -0.39 is 6.04 Å². The van der Waals surface area contributed by atoms with Crippen LogP contribution in [0.25, 0.3) is 0 Å². The predicted octanol–water partition coefficient (Wildman–Crippen LogP) is 0.399. The zero-order valence-electron chi connectivity index (χ0n) is 9.37. The van der Waals surface area contributed by atoms with Crippen LogP contribution in [0.3, 0.4) is 0 Å². The minimum absolute atomic E-state index is 0.135. The second-order valence-corrected chi connectivity index (χ2v) is 4.67. The number of hydrogen-bond acceptors (Lipinski definition) is 3. The van der Waals surface area contributed by atoms with Gasteiger partial charge in [-0.3, -0.25) is 9.89 Å². The SMILES string of the molecule is CC(C)(C)[C@@H](N)C(=O)NCc1cn[nH]c1. The van der Waals surface area contributed by atoms with E-state index in [0.29, 0.717) is 6.54 Å². The summed E-state index contributed by atoms with van der Waals surface area (Å²) in [6.07, 6.45) is 3.41. The van der Waals surface area contributed by atoms with Gasteiger partial charge in [-0.05, 0) is 5.41 Å². The highest BCUT2D eigenvalue weighted by molar-refractivity contribution is 5.82. The van der Waals surface area contributed by atoms with Crippen LogP contribution in [0, 0.1) is 5.41 Å². The first-order valence-electron chi connectivity index (χ1n) is 4.92. The van der Waals surface area contributed by atoms with Crippen LogP contribution in [0.1, 0.15) is 26.3 Å². The average Bonchev–Trinajstić information content (AvgIpc) is 2.63. The van der Waals surface area contributed by atoms with Gasteiger partial charge in [-0.15, -0.1) is 0 Å². The van der Waals surface area contributed by atoms with Crippen molar-refractivity contribution in [2.24, 2.45) is 11.1 Å². The topological polar surface area (TPSA) is 83.8 Å². The third kappa shape index (κ3) is 3.36. The third-order valence-corrected chi connectivity index (χ3v) is 2.24. The molecule has 15 heavy (non-hydrogen) atoms. The molecule has 0 unspecified atom stereocenters. The van der Waals surface area contributed by atoms with Gasteiger partial charge in [0.1, 0.15) is 0 Å². The van der Waals surface area contributed by atoms with Crippen molar-refractivity contribution in [1.82, 2.24) is 15.5 Å². The Morgan fingerprint density at radius 3 is 2.80 bits per heavy atom. The number of nitrogens with one attached hydrogen (secondary N) is 2. The molecule has 5 heteroatoms. The standard InChI is InChI=1S/C10H18N4O/c1-10(2,3)8(11)9(15)12-4-7-5-13-14-6-7/h5-6,8H,4,11H2,1-3H3,(H,12,15)(H,13,14)/t8-/m0/s1. The minimum atomic E-state index is -0.496. The summed E-state index contributed by atoms with van der Waals surface area (Å²) in [5, 5.41) is 9.23. The Morgan fingerprint density at radius 2 is 2.33 bits per heavy atom. The van der Waals surface area contributed by atoms with Gasteiger partial charge in [-0.25, -0.2) is 0 Å². The van der Waals surface area contributed by atoms with Crippen LogP contribution < -0.4 is 11.1 Å². The van der Waals surface area contributed by atoms with Crippen LogP contribution in [0.15, 0.2) is 12.4 Å². The number of carbonyl (C=O) groups excluding carboxylic acids is 1. The largest absolute Gasteiger partial charge is 0.351 e. The van der Waals surface area contributed by atoms with Crippen molar-refractivity contribution in [1.29, 1.82) is 0 Å². The van der Waals surface area contributed by atoms with Gasteiger partial charge in [0.05, 0.1) is 12.2 Å². The summed E-state index contributed by atoms with van der Waals surface area (Å²) in [5.41, 5.74) is 6.51. The first-order valence-corrected chi connectivity index (χ1v) is 4.92. The van der Waals surface area contributed by atoms with Crippen molar-refractivity contribution in [2.75, 3.05) is 0 Å². The lowest BCUT2D eigenvalue weighted by atomic mass is 9.87. The Kier molecular flexibility index (Phi) is 3.47. The summed E-state index contributed by atoms with van der Waals surface area (Å²) < 4.78 is 0. The van der Waals surface area contributed by atoms with Crippen LogP contribution in [-0.2, 0) is 11.3 Å². The molecule has 0 aromatic carbocycles. The van der Waals surface area contributed by atoms with Crippen LogP contribution in [0.2, 0.25) is 0 Å². The molecule has 0 spiro atoms. The molecule has 0 saturated carbocycles. The second-order valence-electron chi connectivity index (χ2n) is 4.67. The lowest BCUT2D eigenvalue weighted by molar-refractivity contribution is -0.124. The van der Waals surface area contributed by atoms with Gasteiger partial charge in [-0.2, -0.15) is 5.10 Å². The minimum Gasteiger partial charge on any atom is -0.351 e. The van der Waals surface area contributed by atoms with Gasteiger partial charge in [0, 0.05) is 18.3 Å². The van der Waals surface area contributed by atoms with Crippen molar-refractivity contribution in [3.8, 4) is 0 Å². The molecular weight excluding hydrogens is 192 g/mol. The molecule has 0 aliphatic heterocycles. The van der Waals surface area contributed by atoms with E-state index in [0.717, 1.165) is 5.56 Å². The van der Waals surface area contributed by atoms with E-state index in [1.54, 1.807) is 12.4 Å². The molecule has 1 aromatic heterocycles. The maximum atomic E-state index is 11.6. The van der Waals surface area contributed by atoms with Crippen molar-refractivity contribution < 1.29 is 4.79 Å². The van der Waals surface area contributed by atoms with E-state index in [1.165, 1.54) is 0 Å². The molecule has 1 heterocycles. The smallest absolute Gasteiger partial charge is 0.237 e. The van der Waals surface area contributed by atoms with Crippen LogP contribution in [-0.4, -0.2) is 22.1 Å². The lowest BCUT2D eigenvalue weighted by Crippen LogP contribution is -2.48. The zero-order chi connectivity index (χ0) is 11.5. The summed E-state index contributed by atoms with van der Waals surface area (Å²) in [7, 11) is 0. The maximum absolute atomic E-state index is 11.6. The molecule has 0 bridgehead atoms. The van der Waals surface area contributed by atoms with Gasteiger partial charge in [0.2, 0.25) is 5.91 Å². The van der Waals surface area contributed by atoms with E-state index in [9.17, 15) is 4.79 Å². The maximum Gasteiger partial charge on any atom is 0.237 e. The summed E-state index contributed by atoms with van der Waals surface area (Å²) >= 11 is 0. The highest BCUT2D eigenvalue weighted by Gasteiger charge is 2.26. The quantitative estimate of drug-likeness (QED) is 0.675. The summed E-state index contributed by atoms with van der Waals surface area (Å²) in [6.45, 7) is 6.28. The number of rotatable bonds is 3. The van der Waals surface area contributed by atoms with Gasteiger partial charge in [0.25, 0.3) is 0 Å². The number of nitrogens with two attached hydrogens (primary N) is 1. The van der Waals surface area contributed by atoms with Gasteiger partial charge in [0.15, 0.2) is 0 Å².